The molecule has 1 aliphatic rings. The Hall–Kier alpha value is -1.06. The first-order chi connectivity index (χ1) is 7.28. The number of nitrogens with two attached hydrogens (primary N) is 1. The summed E-state index contributed by atoms with van der Waals surface area (Å²) in [6.07, 6.45) is 0.692. The lowest BCUT2D eigenvalue weighted by Crippen LogP contribution is -2.18. The Bertz CT molecular complexity index is 379. The van der Waals surface area contributed by atoms with Crippen molar-refractivity contribution >= 4 is 17.5 Å². The van der Waals surface area contributed by atoms with Crippen molar-refractivity contribution in [2.75, 3.05) is 13.2 Å². The van der Waals surface area contributed by atoms with Gasteiger partial charge >= 0.3 is 0 Å². The highest BCUT2D eigenvalue weighted by molar-refractivity contribution is 6.30. The van der Waals surface area contributed by atoms with Gasteiger partial charge in [-0.15, -0.1) is 0 Å². The number of aliphatic imine (C=N–C) groups is 1. The van der Waals surface area contributed by atoms with Gasteiger partial charge < -0.3 is 10.5 Å². The zero-order chi connectivity index (χ0) is 10.7. The van der Waals surface area contributed by atoms with Gasteiger partial charge in [-0.3, -0.25) is 0 Å². The van der Waals surface area contributed by atoms with E-state index in [2.05, 4.69) is 4.99 Å². The van der Waals surface area contributed by atoms with Crippen LogP contribution in [0.4, 0.5) is 0 Å². The van der Waals surface area contributed by atoms with Gasteiger partial charge in [0.2, 0.25) is 0 Å². The van der Waals surface area contributed by atoms with Gasteiger partial charge in [0.05, 0.1) is 6.04 Å². The molecular weight excluding hydrogens is 212 g/mol. The summed E-state index contributed by atoms with van der Waals surface area (Å²) in [6, 6.07) is 7.83. The molecule has 0 bridgehead atoms. The van der Waals surface area contributed by atoms with Gasteiger partial charge in [-0.05, 0) is 17.7 Å². The van der Waals surface area contributed by atoms with E-state index in [1.807, 2.05) is 24.3 Å². The van der Waals surface area contributed by atoms with E-state index in [0.29, 0.717) is 19.6 Å². The lowest BCUT2D eigenvalue weighted by atomic mass is 10.1. The summed E-state index contributed by atoms with van der Waals surface area (Å²) in [5, 5.41) is 0.737. The second-order valence-electron chi connectivity index (χ2n) is 3.53. The fraction of sp³-hybridized carbons (Fsp3) is 0.364. The van der Waals surface area contributed by atoms with Crippen LogP contribution >= 0.6 is 11.6 Å². The Labute approximate surface area is 93.9 Å². The molecule has 1 aromatic rings. The molecule has 3 nitrogen and oxygen atoms in total. The SMILES string of the molecule is NCC1COC(Cc2cccc(Cl)c2)=N1. The van der Waals surface area contributed by atoms with Crippen molar-refractivity contribution in [2.24, 2.45) is 10.7 Å². The molecule has 2 N–H and O–H groups in total. The molecule has 1 aromatic carbocycles. The molecule has 0 saturated heterocycles. The van der Waals surface area contributed by atoms with Crippen LogP contribution in [0.5, 0.6) is 0 Å². The number of nitrogens with zero attached hydrogens (tertiary/aromatic N) is 1. The molecule has 1 heterocycles. The standard InChI is InChI=1S/C11H13ClN2O/c12-9-3-1-2-8(4-9)5-11-14-10(6-13)7-15-11/h1-4,10H,5-7,13H2. The molecule has 0 aliphatic carbocycles. The number of hydrogen-bond acceptors (Lipinski definition) is 3. The van der Waals surface area contributed by atoms with Crippen molar-refractivity contribution in [3.8, 4) is 0 Å². The third kappa shape index (κ3) is 2.70. The first-order valence-electron chi connectivity index (χ1n) is 4.92. The van der Waals surface area contributed by atoms with Gasteiger partial charge in [0.25, 0.3) is 0 Å². The van der Waals surface area contributed by atoms with Crippen LogP contribution in [-0.4, -0.2) is 25.1 Å². The van der Waals surface area contributed by atoms with Crippen LogP contribution in [0, 0.1) is 0 Å². The minimum atomic E-state index is 0.124. The fourth-order valence-corrected chi connectivity index (χ4v) is 1.72. The highest BCUT2D eigenvalue weighted by Crippen LogP contribution is 2.14. The molecule has 4 heteroatoms. The Morgan fingerprint density at radius 3 is 3.07 bits per heavy atom. The Morgan fingerprint density at radius 1 is 1.53 bits per heavy atom. The van der Waals surface area contributed by atoms with Crippen LogP contribution in [0.3, 0.4) is 0 Å². The van der Waals surface area contributed by atoms with Crippen LogP contribution in [0.25, 0.3) is 0 Å². The van der Waals surface area contributed by atoms with Crippen molar-refractivity contribution in [2.45, 2.75) is 12.5 Å². The first-order valence-corrected chi connectivity index (χ1v) is 5.29. The Morgan fingerprint density at radius 2 is 2.40 bits per heavy atom. The smallest absolute Gasteiger partial charge is 0.188 e. The summed E-state index contributed by atoms with van der Waals surface area (Å²) in [7, 11) is 0. The van der Waals surface area contributed by atoms with Crippen molar-refractivity contribution in [1.82, 2.24) is 0 Å². The Balaban J connectivity index is 2.03. The van der Waals surface area contributed by atoms with Gasteiger partial charge in [-0.25, -0.2) is 4.99 Å². The maximum Gasteiger partial charge on any atom is 0.188 e. The van der Waals surface area contributed by atoms with E-state index < -0.39 is 0 Å². The summed E-state index contributed by atoms with van der Waals surface area (Å²) < 4.78 is 5.43. The van der Waals surface area contributed by atoms with E-state index in [0.717, 1.165) is 16.5 Å². The molecule has 1 aliphatic heterocycles. The molecule has 2 rings (SSSR count). The second kappa shape index (κ2) is 4.64. The molecule has 0 aromatic heterocycles. The molecule has 1 atom stereocenters. The highest BCUT2D eigenvalue weighted by atomic mass is 35.5. The monoisotopic (exact) mass is 224 g/mol. The molecular formula is C11H13ClN2O. The number of rotatable bonds is 3. The van der Waals surface area contributed by atoms with E-state index in [-0.39, 0.29) is 6.04 Å². The molecule has 0 radical (unpaired) electrons. The summed E-state index contributed by atoms with van der Waals surface area (Å²) in [4.78, 5) is 4.36. The number of benzene rings is 1. The van der Waals surface area contributed by atoms with Crippen LogP contribution in [0.2, 0.25) is 5.02 Å². The normalized spacial score (nSPS) is 19.9. The third-order valence-corrected chi connectivity index (χ3v) is 2.52. The third-order valence-electron chi connectivity index (χ3n) is 2.29. The maximum atomic E-state index is 5.89. The van der Waals surface area contributed by atoms with Gasteiger partial charge in [0.15, 0.2) is 5.90 Å². The largest absolute Gasteiger partial charge is 0.478 e. The van der Waals surface area contributed by atoms with Gasteiger partial charge in [-0.1, -0.05) is 23.7 Å². The average molecular weight is 225 g/mol. The lowest BCUT2D eigenvalue weighted by molar-refractivity contribution is 0.313. The predicted octanol–water partition coefficient (Wildman–Crippen LogP) is 1.64. The number of hydrogen-bond donors (Lipinski definition) is 1. The number of ether oxygens (including phenoxy) is 1. The van der Waals surface area contributed by atoms with E-state index in [1.54, 1.807) is 0 Å². The fourth-order valence-electron chi connectivity index (χ4n) is 1.51. The molecule has 1 unspecified atom stereocenters. The quantitative estimate of drug-likeness (QED) is 0.849. The van der Waals surface area contributed by atoms with Gasteiger partial charge in [0, 0.05) is 18.0 Å². The second-order valence-corrected chi connectivity index (χ2v) is 3.97. The minimum Gasteiger partial charge on any atom is -0.478 e. The van der Waals surface area contributed by atoms with E-state index in [9.17, 15) is 0 Å². The topological polar surface area (TPSA) is 47.6 Å². The zero-order valence-electron chi connectivity index (χ0n) is 8.32. The van der Waals surface area contributed by atoms with Crippen LogP contribution in [0.1, 0.15) is 5.56 Å². The van der Waals surface area contributed by atoms with Gasteiger partial charge in [0.1, 0.15) is 6.61 Å². The summed E-state index contributed by atoms with van der Waals surface area (Å²) in [5.74, 6) is 0.757. The van der Waals surface area contributed by atoms with Crippen LogP contribution in [-0.2, 0) is 11.2 Å². The highest BCUT2D eigenvalue weighted by Gasteiger charge is 2.17. The predicted molar refractivity (Wildman–Crippen MR) is 61.4 cm³/mol. The average Bonchev–Trinajstić information content (AvgIpc) is 2.65. The van der Waals surface area contributed by atoms with Crippen molar-refractivity contribution in [3.63, 3.8) is 0 Å². The van der Waals surface area contributed by atoms with E-state index in [1.165, 1.54) is 0 Å². The van der Waals surface area contributed by atoms with E-state index in [4.69, 9.17) is 22.1 Å². The maximum absolute atomic E-state index is 5.89. The first kappa shape index (κ1) is 10.5. The Kier molecular flexibility index (Phi) is 3.23. The molecule has 15 heavy (non-hydrogen) atoms. The van der Waals surface area contributed by atoms with Gasteiger partial charge in [-0.2, -0.15) is 0 Å². The lowest BCUT2D eigenvalue weighted by Gasteiger charge is -2.01. The van der Waals surface area contributed by atoms with Crippen molar-refractivity contribution in [3.05, 3.63) is 34.9 Å². The minimum absolute atomic E-state index is 0.124. The number of halogens is 1. The molecule has 0 saturated carbocycles. The van der Waals surface area contributed by atoms with Crippen LogP contribution < -0.4 is 5.73 Å². The molecule has 80 valence electrons. The summed E-state index contributed by atoms with van der Waals surface area (Å²) >= 11 is 5.89. The van der Waals surface area contributed by atoms with Crippen LogP contribution in [0.15, 0.2) is 29.3 Å². The summed E-state index contributed by atoms with van der Waals surface area (Å²) in [5.41, 5.74) is 6.62. The van der Waals surface area contributed by atoms with Crippen molar-refractivity contribution < 1.29 is 4.74 Å². The summed E-state index contributed by atoms with van der Waals surface area (Å²) in [6.45, 7) is 1.14. The van der Waals surface area contributed by atoms with E-state index >= 15 is 0 Å². The van der Waals surface area contributed by atoms with Crippen molar-refractivity contribution in [1.29, 1.82) is 0 Å². The zero-order valence-corrected chi connectivity index (χ0v) is 9.07. The molecule has 0 spiro atoms. The molecule has 0 amide bonds. The molecule has 0 fully saturated rings.